The van der Waals surface area contributed by atoms with E-state index >= 15 is 0 Å². The zero-order valence-electron chi connectivity index (χ0n) is 9.83. The van der Waals surface area contributed by atoms with Crippen LogP contribution >= 0.6 is 0 Å². The molecule has 0 bridgehead atoms. The van der Waals surface area contributed by atoms with Gasteiger partial charge in [0.2, 0.25) is 0 Å². The number of carboxylic acids is 1. The summed E-state index contributed by atoms with van der Waals surface area (Å²) in [5.41, 5.74) is 1.52. The summed E-state index contributed by atoms with van der Waals surface area (Å²) < 4.78 is 1.59. The van der Waals surface area contributed by atoms with Gasteiger partial charge in [0.1, 0.15) is 0 Å². The number of carbonyl (C=O) groups is 2. The van der Waals surface area contributed by atoms with Gasteiger partial charge in [0.15, 0.2) is 0 Å². The molecule has 0 saturated heterocycles. The average Bonchev–Trinajstić information content (AvgIpc) is 2.74. The lowest BCUT2D eigenvalue weighted by Gasteiger charge is -2.26. The molecule has 0 aromatic carbocycles. The minimum absolute atomic E-state index is 0.0884. The Labute approximate surface area is 103 Å². The molecule has 2 N–H and O–H groups in total. The highest BCUT2D eigenvalue weighted by molar-refractivity contribution is 5.98. The molecule has 1 aliphatic rings. The fourth-order valence-electron chi connectivity index (χ4n) is 2.02. The minimum Gasteiger partial charge on any atom is -0.478 e. The van der Waals surface area contributed by atoms with E-state index in [1.165, 1.54) is 0 Å². The van der Waals surface area contributed by atoms with Gasteiger partial charge in [-0.15, -0.1) is 0 Å². The second-order valence-electron chi connectivity index (χ2n) is 4.12. The number of hydrogen-bond acceptors (Lipinski definition) is 3. The Kier molecular flexibility index (Phi) is 3.05. The summed E-state index contributed by atoms with van der Waals surface area (Å²) in [7, 11) is 1.75. The number of rotatable bonds is 2. The summed E-state index contributed by atoms with van der Waals surface area (Å²) >= 11 is 0. The fourth-order valence-corrected chi connectivity index (χ4v) is 2.02. The van der Waals surface area contributed by atoms with Crippen LogP contribution in [0, 0.1) is 0 Å². The number of amides is 1. The molecule has 1 aliphatic heterocycles. The van der Waals surface area contributed by atoms with Crippen LogP contribution in [0.5, 0.6) is 0 Å². The van der Waals surface area contributed by atoms with Crippen molar-refractivity contribution in [3.63, 3.8) is 0 Å². The van der Waals surface area contributed by atoms with Crippen molar-refractivity contribution in [3.05, 3.63) is 23.5 Å². The van der Waals surface area contributed by atoms with Crippen molar-refractivity contribution in [2.24, 2.45) is 7.05 Å². The molecule has 2 heterocycles. The van der Waals surface area contributed by atoms with Crippen LogP contribution in [-0.2, 0) is 11.8 Å². The first-order chi connectivity index (χ1) is 8.49. The summed E-state index contributed by atoms with van der Waals surface area (Å²) in [6.07, 6.45) is 2.61. The smallest absolute Gasteiger partial charge is 0.407 e. The van der Waals surface area contributed by atoms with E-state index in [2.05, 4.69) is 5.10 Å². The van der Waals surface area contributed by atoms with Crippen LogP contribution in [0.25, 0.3) is 5.57 Å². The van der Waals surface area contributed by atoms with Crippen molar-refractivity contribution in [2.75, 3.05) is 13.1 Å². The van der Waals surface area contributed by atoms with E-state index < -0.39 is 12.1 Å². The molecule has 0 spiro atoms. The van der Waals surface area contributed by atoms with Gasteiger partial charge in [-0.3, -0.25) is 4.68 Å². The van der Waals surface area contributed by atoms with Crippen molar-refractivity contribution in [1.29, 1.82) is 0 Å². The van der Waals surface area contributed by atoms with E-state index in [1.54, 1.807) is 24.1 Å². The van der Waals surface area contributed by atoms with Gasteiger partial charge < -0.3 is 15.1 Å². The van der Waals surface area contributed by atoms with Crippen LogP contribution in [0.15, 0.2) is 18.0 Å². The van der Waals surface area contributed by atoms with Gasteiger partial charge in [-0.2, -0.15) is 5.10 Å². The zero-order valence-corrected chi connectivity index (χ0v) is 9.83. The highest BCUT2D eigenvalue weighted by Crippen LogP contribution is 2.27. The van der Waals surface area contributed by atoms with Gasteiger partial charge in [-0.25, -0.2) is 9.59 Å². The van der Waals surface area contributed by atoms with Gasteiger partial charge >= 0.3 is 12.1 Å². The Morgan fingerprint density at radius 1 is 1.39 bits per heavy atom. The standard InChI is InChI=1S/C11H13N3O4/c1-13-5-7(4-12-13)8-2-3-14(11(17)18)6-9(8)10(15)16/h4-5H,2-3,6H2,1H3,(H,15,16)(H,17,18). The molecule has 0 saturated carbocycles. The lowest BCUT2D eigenvalue weighted by molar-refractivity contribution is -0.132. The molecule has 96 valence electrons. The van der Waals surface area contributed by atoms with Gasteiger partial charge in [0.05, 0.1) is 18.3 Å². The monoisotopic (exact) mass is 251 g/mol. The molecule has 1 aromatic heterocycles. The number of nitrogens with zero attached hydrogens (tertiary/aromatic N) is 3. The Hall–Kier alpha value is -2.31. The molecule has 1 amide bonds. The molecule has 7 heteroatoms. The third-order valence-electron chi connectivity index (χ3n) is 2.93. The summed E-state index contributed by atoms with van der Waals surface area (Å²) in [5.74, 6) is -1.08. The highest BCUT2D eigenvalue weighted by atomic mass is 16.4. The first-order valence-electron chi connectivity index (χ1n) is 5.41. The third kappa shape index (κ3) is 2.20. The number of aliphatic carboxylic acids is 1. The molecule has 0 atom stereocenters. The lowest BCUT2D eigenvalue weighted by Crippen LogP contribution is -2.37. The van der Waals surface area contributed by atoms with E-state index in [0.29, 0.717) is 18.5 Å². The van der Waals surface area contributed by atoms with Gasteiger partial charge in [0.25, 0.3) is 0 Å². The first kappa shape index (κ1) is 12.2. The summed E-state index contributed by atoms with van der Waals surface area (Å²) in [5, 5.41) is 22.1. The predicted molar refractivity (Wildman–Crippen MR) is 62.0 cm³/mol. The Bertz CT molecular complexity index is 532. The van der Waals surface area contributed by atoms with E-state index in [0.717, 1.165) is 10.5 Å². The summed E-state index contributed by atoms with van der Waals surface area (Å²) in [6, 6.07) is 0. The number of carboxylic acid groups (broad SMARTS) is 2. The van der Waals surface area contributed by atoms with Gasteiger partial charge in [-0.1, -0.05) is 0 Å². The normalized spacial score (nSPS) is 15.9. The van der Waals surface area contributed by atoms with Crippen LogP contribution < -0.4 is 0 Å². The average molecular weight is 251 g/mol. The molecular weight excluding hydrogens is 238 g/mol. The van der Waals surface area contributed by atoms with Crippen LogP contribution in [0.1, 0.15) is 12.0 Å². The molecule has 1 aromatic rings. The summed E-state index contributed by atoms with van der Waals surface area (Å²) in [6.45, 7) is 0.214. The molecule has 0 radical (unpaired) electrons. The number of aromatic nitrogens is 2. The van der Waals surface area contributed by atoms with Crippen LogP contribution in [0.3, 0.4) is 0 Å². The molecule has 2 rings (SSSR count). The predicted octanol–water partition coefficient (Wildman–Crippen LogP) is 0.642. The number of aryl methyl sites for hydroxylation is 1. The molecule has 0 unspecified atom stereocenters. The maximum Gasteiger partial charge on any atom is 0.407 e. The van der Waals surface area contributed by atoms with Crippen LogP contribution in [0.4, 0.5) is 4.79 Å². The Morgan fingerprint density at radius 3 is 2.61 bits per heavy atom. The van der Waals surface area contributed by atoms with Crippen molar-refractivity contribution in [1.82, 2.24) is 14.7 Å². The summed E-state index contributed by atoms with van der Waals surface area (Å²) in [4.78, 5) is 23.2. The van der Waals surface area contributed by atoms with E-state index in [9.17, 15) is 14.7 Å². The maximum absolute atomic E-state index is 11.2. The highest BCUT2D eigenvalue weighted by Gasteiger charge is 2.27. The zero-order chi connectivity index (χ0) is 13.3. The largest absolute Gasteiger partial charge is 0.478 e. The second kappa shape index (κ2) is 4.52. The van der Waals surface area contributed by atoms with Crippen LogP contribution in [-0.4, -0.2) is 50.0 Å². The second-order valence-corrected chi connectivity index (χ2v) is 4.12. The van der Waals surface area contributed by atoms with Crippen LogP contribution in [0.2, 0.25) is 0 Å². The van der Waals surface area contributed by atoms with Gasteiger partial charge in [0, 0.05) is 25.4 Å². The number of hydrogen-bond donors (Lipinski definition) is 2. The first-order valence-corrected chi connectivity index (χ1v) is 5.41. The van der Waals surface area contributed by atoms with Gasteiger partial charge in [-0.05, 0) is 12.0 Å². The molecule has 0 fully saturated rings. The van der Waals surface area contributed by atoms with E-state index in [1.807, 2.05) is 0 Å². The molecule has 18 heavy (non-hydrogen) atoms. The van der Waals surface area contributed by atoms with Crippen molar-refractivity contribution < 1.29 is 19.8 Å². The molecular formula is C11H13N3O4. The Balaban J connectivity index is 2.39. The SMILES string of the molecule is Cn1cc(C2=C(C(=O)O)CN(C(=O)O)CC2)cn1. The quantitative estimate of drug-likeness (QED) is 0.804. The maximum atomic E-state index is 11.2. The Morgan fingerprint density at radius 2 is 2.11 bits per heavy atom. The van der Waals surface area contributed by atoms with Crippen molar-refractivity contribution >= 4 is 17.6 Å². The van der Waals surface area contributed by atoms with E-state index in [-0.39, 0.29) is 12.1 Å². The van der Waals surface area contributed by atoms with Crippen molar-refractivity contribution in [2.45, 2.75) is 6.42 Å². The fraction of sp³-hybridized carbons (Fsp3) is 0.364. The lowest BCUT2D eigenvalue weighted by atomic mass is 9.95. The topological polar surface area (TPSA) is 95.7 Å². The van der Waals surface area contributed by atoms with E-state index in [4.69, 9.17) is 5.11 Å². The van der Waals surface area contributed by atoms with Crippen molar-refractivity contribution in [3.8, 4) is 0 Å². The third-order valence-corrected chi connectivity index (χ3v) is 2.93. The minimum atomic E-state index is -1.10. The molecule has 0 aliphatic carbocycles. The molecule has 7 nitrogen and oxygen atoms in total.